The number of hydrogen-bond donors (Lipinski definition) is 2. The third-order valence-corrected chi connectivity index (χ3v) is 4.32. The highest BCUT2D eigenvalue weighted by atomic mass is 16.5. The van der Waals surface area contributed by atoms with E-state index < -0.39 is 0 Å². The van der Waals surface area contributed by atoms with Crippen LogP contribution in [0.5, 0.6) is 17.4 Å². The van der Waals surface area contributed by atoms with Crippen LogP contribution in [0.2, 0.25) is 0 Å². The fourth-order valence-electron chi connectivity index (χ4n) is 2.99. The predicted molar refractivity (Wildman–Crippen MR) is 109 cm³/mol. The maximum absolute atomic E-state index is 8.94. The fraction of sp³-hybridized carbons (Fsp3) is 0.143. The highest BCUT2D eigenvalue weighted by Crippen LogP contribution is 2.37. The molecule has 2 aromatic carbocycles. The molecule has 0 aliphatic heterocycles. The zero-order chi connectivity index (χ0) is 20.4. The molecular weight excluding hydrogens is 368 g/mol. The maximum Gasteiger partial charge on any atom is 0.252 e. The van der Waals surface area contributed by atoms with Crippen LogP contribution in [0.15, 0.2) is 42.7 Å². The van der Waals surface area contributed by atoms with Gasteiger partial charge in [-0.3, -0.25) is 0 Å². The first kappa shape index (κ1) is 18.3. The molecule has 144 valence electrons. The van der Waals surface area contributed by atoms with Gasteiger partial charge < -0.3 is 19.8 Å². The summed E-state index contributed by atoms with van der Waals surface area (Å²) in [4.78, 5) is 16.2. The Balaban J connectivity index is 1.73. The third kappa shape index (κ3) is 3.66. The predicted octanol–water partition coefficient (Wildman–Crippen LogP) is 4.39. The Morgan fingerprint density at radius 3 is 2.62 bits per heavy atom. The molecule has 0 atom stereocenters. The van der Waals surface area contributed by atoms with Crippen LogP contribution < -0.4 is 14.8 Å². The molecule has 2 aromatic heterocycles. The number of fused-ring (bicyclic) bond motifs is 1. The number of ether oxygens (including phenoxy) is 2. The van der Waals surface area contributed by atoms with Crippen LogP contribution >= 0.6 is 0 Å². The first-order valence-corrected chi connectivity index (χ1v) is 8.89. The van der Waals surface area contributed by atoms with Crippen LogP contribution in [-0.4, -0.2) is 27.0 Å². The lowest BCUT2D eigenvalue weighted by Crippen LogP contribution is -2.01. The average Bonchev–Trinajstić information content (AvgIpc) is 3.19. The Bertz CT molecular complexity index is 1220. The number of rotatable bonds is 5. The van der Waals surface area contributed by atoms with E-state index in [0.29, 0.717) is 40.1 Å². The smallest absolute Gasteiger partial charge is 0.252 e. The van der Waals surface area contributed by atoms with E-state index in [-0.39, 0.29) is 0 Å². The van der Waals surface area contributed by atoms with E-state index >= 15 is 0 Å². The number of nitriles is 1. The molecule has 8 heteroatoms. The van der Waals surface area contributed by atoms with Crippen molar-refractivity contribution in [1.29, 1.82) is 5.26 Å². The topological polar surface area (TPSA) is 109 Å². The van der Waals surface area contributed by atoms with Crippen LogP contribution in [0.4, 0.5) is 11.6 Å². The summed E-state index contributed by atoms with van der Waals surface area (Å²) in [5.41, 5.74) is 4.37. The van der Waals surface area contributed by atoms with Gasteiger partial charge in [-0.15, -0.1) is 0 Å². The van der Waals surface area contributed by atoms with Crippen molar-refractivity contribution in [2.24, 2.45) is 0 Å². The molecule has 0 aliphatic carbocycles. The highest BCUT2D eigenvalue weighted by Gasteiger charge is 2.17. The summed E-state index contributed by atoms with van der Waals surface area (Å²) in [5.74, 6) is 1.83. The second-order valence-electron chi connectivity index (χ2n) is 6.48. The molecule has 2 N–H and O–H groups in total. The number of aromatic amines is 1. The van der Waals surface area contributed by atoms with E-state index in [9.17, 15) is 0 Å². The molecule has 0 radical (unpaired) electrons. The summed E-state index contributed by atoms with van der Waals surface area (Å²) < 4.78 is 11.6. The van der Waals surface area contributed by atoms with Crippen molar-refractivity contribution < 1.29 is 9.47 Å². The van der Waals surface area contributed by atoms with E-state index in [0.717, 1.165) is 16.8 Å². The number of H-pyrrole nitrogens is 1. The lowest BCUT2D eigenvalue weighted by molar-refractivity contribution is 0.373. The molecule has 0 saturated heterocycles. The minimum absolute atomic E-state index is 0.303. The molecule has 0 unspecified atom stereocenters. The zero-order valence-electron chi connectivity index (χ0n) is 16.1. The van der Waals surface area contributed by atoms with Crippen LogP contribution in [0.25, 0.3) is 11.2 Å². The van der Waals surface area contributed by atoms with Gasteiger partial charge in [-0.25, -0.2) is 4.98 Å². The lowest BCUT2D eigenvalue weighted by Gasteiger charge is -2.14. The van der Waals surface area contributed by atoms with E-state index in [1.165, 1.54) is 6.33 Å². The Morgan fingerprint density at radius 2 is 1.90 bits per heavy atom. The number of aryl methyl sites for hydroxylation is 2. The van der Waals surface area contributed by atoms with Gasteiger partial charge in [-0.1, -0.05) is 6.07 Å². The largest absolute Gasteiger partial charge is 0.493 e. The highest BCUT2D eigenvalue weighted by molar-refractivity contribution is 5.78. The van der Waals surface area contributed by atoms with Gasteiger partial charge in [-0.2, -0.15) is 15.2 Å². The number of aromatic nitrogens is 4. The molecule has 0 amide bonds. The lowest BCUT2D eigenvalue weighted by atomic mass is 10.1. The van der Waals surface area contributed by atoms with Gasteiger partial charge in [0.25, 0.3) is 5.88 Å². The van der Waals surface area contributed by atoms with Crippen molar-refractivity contribution in [3.8, 4) is 23.4 Å². The van der Waals surface area contributed by atoms with Crippen molar-refractivity contribution in [2.45, 2.75) is 13.8 Å². The van der Waals surface area contributed by atoms with Gasteiger partial charge in [-0.05, 0) is 55.3 Å². The van der Waals surface area contributed by atoms with Gasteiger partial charge in [0.1, 0.15) is 0 Å². The summed E-state index contributed by atoms with van der Waals surface area (Å²) in [6.07, 6.45) is 1.54. The van der Waals surface area contributed by atoms with Crippen molar-refractivity contribution in [3.05, 3.63) is 59.4 Å². The number of nitrogens with zero attached hydrogens (tertiary/aromatic N) is 4. The van der Waals surface area contributed by atoms with Gasteiger partial charge in [0, 0.05) is 5.69 Å². The Morgan fingerprint density at radius 1 is 1.10 bits per heavy atom. The van der Waals surface area contributed by atoms with Gasteiger partial charge in [0.05, 0.1) is 25.1 Å². The van der Waals surface area contributed by atoms with E-state index in [1.54, 1.807) is 31.4 Å². The number of imidazole rings is 1. The molecule has 0 saturated carbocycles. The molecule has 0 bridgehead atoms. The zero-order valence-corrected chi connectivity index (χ0v) is 16.1. The first-order valence-electron chi connectivity index (χ1n) is 8.89. The van der Waals surface area contributed by atoms with Crippen molar-refractivity contribution >= 4 is 22.8 Å². The molecule has 2 heterocycles. The second-order valence-corrected chi connectivity index (χ2v) is 6.48. The van der Waals surface area contributed by atoms with Crippen LogP contribution in [-0.2, 0) is 0 Å². The number of benzene rings is 2. The monoisotopic (exact) mass is 386 g/mol. The molecule has 0 fully saturated rings. The van der Waals surface area contributed by atoms with E-state index in [1.807, 2.05) is 26.0 Å². The van der Waals surface area contributed by atoms with E-state index in [4.69, 9.17) is 14.7 Å². The molecule has 8 nitrogen and oxygen atoms in total. The Labute approximate surface area is 167 Å². The molecule has 4 rings (SSSR count). The number of anilines is 2. The molecule has 29 heavy (non-hydrogen) atoms. The molecule has 0 spiro atoms. The summed E-state index contributed by atoms with van der Waals surface area (Å²) in [7, 11) is 1.60. The first-order chi connectivity index (χ1) is 14.1. The molecule has 0 aliphatic rings. The van der Waals surface area contributed by atoms with Gasteiger partial charge in [0.2, 0.25) is 5.95 Å². The normalized spacial score (nSPS) is 10.6. The number of methoxy groups -OCH3 is 1. The van der Waals surface area contributed by atoms with Gasteiger partial charge >= 0.3 is 0 Å². The van der Waals surface area contributed by atoms with Crippen LogP contribution in [0.1, 0.15) is 16.7 Å². The Hall–Kier alpha value is -4.12. The second kappa shape index (κ2) is 7.48. The van der Waals surface area contributed by atoms with Crippen LogP contribution in [0.3, 0.4) is 0 Å². The summed E-state index contributed by atoms with van der Waals surface area (Å²) in [6, 6.07) is 13.0. The minimum Gasteiger partial charge on any atom is -0.493 e. The third-order valence-electron chi connectivity index (χ3n) is 4.32. The van der Waals surface area contributed by atoms with Crippen molar-refractivity contribution in [1.82, 2.24) is 19.9 Å². The Kier molecular flexibility index (Phi) is 4.71. The van der Waals surface area contributed by atoms with Crippen LogP contribution in [0, 0.1) is 25.2 Å². The summed E-state index contributed by atoms with van der Waals surface area (Å²) in [6.45, 7) is 3.94. The average molecular weight is 386 g/mol. The molecule has 4 aromatic rings. The molecular formula is C21H18N6O2. The summed E-state index contributed by atoms with van der Waals surface area (Å²) >= 11 is 0. The number of hydrogen-bond acceptors (Lipinski definition) is 7. The SMILES string of the molecule is COc1cc(C)cc(C)c1Oc1nc(Nc2ccc(C#N)cc2)nc2[nH]cnc12. The quantitative estimate of drug-likeness (QED) is 0.524. The maximum atomic E-state index is 8.94. The number of nitrogens with one attached hydrogen (secondary N) is 2. The van der Waals surface area contributed by atoms with E-state index in [2.05, 4.69) is 31.3 Å². The summed E-state index contributed by atoms with van der Waals surface area (Å²) in [5, 5.41) is 12.1. The van der Waals surface area contributed by atoms with Crippen molar-refractivity contribution in [3.63, 3.8) is 0 Å². The fourth-order valence-corrected chi connectivity index (χ4v) is 2.99. The van der Waals surface area contributed by atoms with Gasteiger partial charge in [0.15, 0.2) is 22.7 Å². The standard InChI is InChI=1S/C21H18N6O2/c1-12-8-13(2)18(16(9-12)28-3)29-20-17-19(24-11-23-17)26-21(27-20)25-15-6-4-14(10-22)5-7-15/h4-9,11H,1-3H3,(H2,23,24,25,26,27). The minimum atomic E-state index is 0.303. The van der Waals surface area contributed by atoms with Crippen molar-refractivity contribution in [2.75, 3.05) is 12.4 Å².